The lowest BCUT2D eigenvalue weighted by Gasteiger charge is -2.34. The fraction of sp³-hybridized carbons (Fsp3) is 0.632. The van der Waals surface area contributed by atoms with Crippen LogP contribution in [0.3, 0.4) is 0 Å². The van der Waals surface area contributed by atoms with Gasteiger partial charge in [0.05, 0.1) is 6.54 Å². The SMILES string of the molecule is CC(C1CC1)N(Cc1ccccc1)C(=O)CN1CCC(N)CC1.Cl. The number of hydrogen-bond acceptors (Lipinski definition) is 3. The summed E-state index contributed by atoms with van der Waals surface area (Å²) < 4.78 is 0. The summed E-state index contributed by atoms with van der Waals surface area (Å²) in [5.41, 5.74) is 7.18. The van der Waals surface area contributed by atoms with Crippen LogP contribution in [0.2, 0.25) is 0 Å². The zero-order valence-electron chi connectivity index (χ0n) is 14.6. The second kappa shape index (κ2) is 8.84. The Balaban J connectivity index is 0.00000208. The number of benzene rings is 1. The summed E-state index contributed by atoms with van der Waals surface area (Å²) in [6.45, 7) is 5.37. The number of carbonyl (C=O) groups excluding carboxylic acids is 1. The van der Waals surface area contributed by atoms with Crippen molar-refractivity contribution in [1.29, 1.82) is 0 Å². The molecule has 0 bridgehead atoms. The molecule has 0 spiro atoms. The van der Waals surface area contributed by atoms with Crippen molar-refractivity contribution in [1.82, 2.24) is 9.80 Å². The van der Waals surface area contributed by atoms with Gasteiger partial charge in [0.2, 0.25) is 5.91 Å². The highest BCUT2D eigenvalue weighted by molar-refractivity contribution is 5.85. The number of nitrogens with two attached hydrogens (primary N) is 1. The average molecular weight is 352 g/mol. The summed E-state index contributed by atoms with van der Waals surface area (Å²) >= 11 is 0. The van der Waals surface area contributed by atoms with E-state index in [4.69, 9.17) is 5.73 Å². The summed E-state index contributed by atoms with van der Waals surface area (Å²) in [4.78, 5) is 17.3. The molecule has 2 fully saturated rings. The third-order valence-corrected chi connectivity index (χ3v) is 5.30. The van der Waals surface area contributed by atoms with E-state index in [1.54, 1.807) is 0 Å². The van der Waals surface area contributed by atoms with E-state index in [1.807, 2.05) is 18.2 Å². The van der Waals surface area contributed by atoms with Gasteiger partial charge in [-0.3, -0.25) is 9.69 Å². The molecule has 1 aliphatic heterocycles. The van der Waals surface area contributed by atoms with Crippen LogP contribution in [0.15, 0.2) is 30.3 Å². The van der Waals surface area contributed by atoms with Crippen molar-refractivity contribution in [2.75, 3.05) is 19.6 Å². The van der Waals surface area contributed by atoms with Gasteiger partial charge in [-0.15, -0.1) is 12.4 Å². The molecule has 4 nitrogen and oxygen atoms in total. The molecule has 5 heteroatoms. The highest BCUT2D eigenvalue weighted by Crippen LogP contribution is 2.35. The highest BCUT2D eigenvalue weighted by Gasteiger charge is 2.34. The molecule has 134 valence electrons. The molecule has 3 rings (SSSR count). The number of piperidine rings is 1. The van der Waals surface area contributed by atoms with Crippen LogP contribution in [0.25, 0.3) is 0 Å². The van der Waals surface area contributed by atoms with Gasteiger partial charge in [-0.1, -0.05) is 30.3 Å². The Morgan fingerprint density at radius 3 is 2.42 bits per heavy atom. The topological polar surface area (TPSA) is 49.6 Å². The van der Waals surface area contributed by atoms with Crippen molar-refractivity contribution in [2.24, 2.45) is 11.7 Å². The van der Waals surface area contributed by atoms with Gasteiger partial charge in [0.25, 0.3) is 0 Å². The minimum atomic E-state index is 0. The van der Waals surface area contributed by atoms with Crippen LogP contribution in [-0.4, -0.2) is 47.4 Å². The minimum absolute atomic E-state index is 0. The lowest BCUT2D eigenvalue weighted by molar-refractivity contribution is -0.135. The van der Waals surface area contributed by atoms with E-state index in [1.165, 1.54) is 18.4 Å². The van der Waals surface area contributed by atoms with Gasteiger partial charge in [-0.05, 0) is 44.1 Å². The molecule has 1 atom stereocenters. The van der Waals surface area contributed by atoms with Gasteiger partial charge < -0.3 is 10.6 Å². The van der Waals surface area contributed by atoms with Crippen LogP contribution in [0, 0.1) is 5.92 Å². The Kier molecular flexibility index (Phi) is 7.08. The first-order valence-electron chi connectivity index (χ1n) is 8.95. The molecule has 1 saturated carbocycles. The van der Waals surface area contributed by atoms with Crippen LogP contribution in [0.4, 0.5) is 0 Å². The van der Waals surface area contributed by atoms with Crippen molar-refractivity contribution in [3.05, 3.63) is 35.9 Å². The van der Waals surface area contributed by atoms with Gasteiger partial charge in [0.15, 0.2) is 0 Å². The van der Waals surface area contributed by atoms with Crippen molar-refractivity contribution in [3.63, 3.8) is 0 Å². The van der Waals surface area contributed by atoms with E-state index in [0.29, 0.717) is 24.5 Å². The van der Waals surface area contributed by atoms with Gasteiger partial charge in [-0.25, -0.2) is 0 Å². The third-order valence-electron chi connectivity index (χ3n) is 5.30. The van der Waals surface area contributed by atoms with E-state index in [9.17, 15) is 4.79 Å². The molecule has 1 heterocycles. The first-order valence-corrected chi connectivity index (χ1v) is 8.95. The molecule has 0 radical (unpaired) electrons. The smallest absolute Gasteiger partial charge is 0.237 e. The minimum Gasteiger partial charge on any atom is -0.334 e. The van der Waals surface area contributed by atoms with Gasteiger partial charge in [-0.2, -0.15) is 0 Å². The number of amides is 1. The molecule has 24 heavy (non-hydrogen) atoms. The Hall–Kier alpha value is -1.10. The van der Waals surface area contributed by atoms with Crippen LogP contribution >= 0.6 is 12.4 Å². The number of likely N-dealkylation sites (tertiary alicyclic amines) is 1. The lowest BCUT2D eigenvalue weighted by atomic mass is 10.1. The molecule has 2 N–H and O–H groups in total. The predicted octanol–water partition coefficient (Wildman–Crippen LogP) is 2.66. The maximum absolute atomic E-state index is 12.9. The largest absolute Gasteiger partial charge is 0.334 e. The van der Waals surface area contributed by atoms with Crippen LogP contribution in [0.5, 0.6) is 0 Å². The molecule has 1 unspecified atom stereocenters. The summed E-state index contributed by atoms with van der Waals surface area (Å²) in [5, 5.41) is 0. The molecule has 1 saturated heterocycles. The normalized spacial score (nSPS) is 20.2. The number of hydrogen-bond donors (Lipinski definition) is 1. The Labute approximate surface area is 151 Å². The maximum Gasteiger partial charge on any atom is 0.237 e. The molecule has 2 aliphatic rings. The Morgan fingerprint density at radius 2 is 1.83 bits per heavy atom. The molecule has 1 aromatic carbocycles. The zero-order chi connectivity index (χ0) is 16.2. The highest BCUT2D eigenvalue weighted by atomic mass is 35.5. The van der Waals surface area contributed by atoms with E-state index in [0.717, 1.165) is 32.5 Å². The van der Waals surface area contributed by atoms with Crippen LogP contribution in [0.1, 0.15) is 38.2 Å². The predicted molar refractivity (Wildman–Crippen MR) is 100 cm³/mol. The summed E-state index contributed by atoms with van der Waals surface area (Å²) in [6.07, 6.45) is 4.53. The van der Waals surface area contributed by atoms with Crippen molar-refractivity contribution < 1.29 is 4.79 Å². The fourth-order valence-electron chi connectivity index (χ4n) is 3.47. The second-order valence-electron chi connectivity index (χ2n) is 7.20. The van der Waals surface area contributed by atoms with Crippen LogP contribution in [-0.2, 0) is 11.3 Å². The van der Waals surface area contributed by atoms with E-state index in [-0.39, 0.29) is 18.3 Å². The van der Waals surface area contributed by atoms with Gasteiger partial charge in [0.1, 0.15) is 0 Å². The number of carbonyl (C=O) groups is 1. The van der Waals surface area contributed by atoms with E-state index in [2.05, 4.69) is 28.9 Å². The third kappa shape index (κ3) is 5.20. The van der Waals surface area contributed by atoms with Gasteiger partial charge >= 0.3 is 0 Å². The Bertz CT molecular complexity index is 513. The molecule has 0 aromatic heterocycles. The number of halogens is 1. The maximum atomic E-state index is 12.9. The summed E-state index contributed by atoms with van der Waals surface area (Å²) in [6, 6.07) is 11.0. The fourth-order valence-corrected chi connectivity index (χ4v) is 3.47. The van der Waals surface area contributed by atoms with Crippen molar-refractivity contribution >= 4 is 18.3 Å². The number of rotatable bonds is 6. The first kappa shape index (κ1) is 19.2. The number of nitrogens with zero attached hydrogens (tertiary/aromatic N) is 2. The first-order chi connectivity index (χ1) is 11.1. The quantitative estimate of drug-likeness (QED) is 0.857. The van der Waals surface area contributed by atoms with Gasteiger partial charge in [0, 0.05) is 31.7 Å². The molecule has 1 amide bonds. The van der Waals surface area contributed by atoms with Crippen molar-refractivity contribution in [2.45, 2.75) is 51.2 Å². The average Bonchev–Trinajstić information content (AvgIpc) is 3.40. The molecular weight excluding hydrogens is 322 g/mol. The van der Waals surface area contributed by atoms with Crippen molar-refractivity contribution in [3.8, 4) is 0 Å². The molecule has 1 aromatic rings. The standard InChI is InChI=1S/C19H29N3O.ClH/c1-15(17-7-8-17)22(13-16-5-3-2-4-6-16)19(23)14-21-11-9-18(20)10-12-21;/h2-6,15,17-18H,7-14,20H2,1H3;1H. The molecule has 1 aliphatic carbocycles. The monoisotopic (exact) mass is 351 g/mol. The summed E-state index contributed by atoms with van der Waals surface area (Å²) in [5.74, 6) is 0.959. The van der Waals surface area contributed by atoms with E-state index < -0.39 is 0 Å². The second-order valence-corrected chi connectivity index (χ2v) is 7.20. The summed E-state index contributed by atoms with van der Waals surface area (Å²) in [7, 11) is 0. The molecular formula is C19H30ClN3O. The lowest BCUT2D eigenvalue weighted by Crippen LogP contribution is -2.48. The van der Waals surface area contributed by atoms with E-state index >= 15 is 0 Å². The zero-order valence-corrected chi connectivity index (χ0v) is 15.4. The van der Waals surface area contributed by atoms with Crippen LogP contribution < -0.4 is 5.73 Å². The Morgan fingerprint density at radius 1 is 1.21 bits per heavy atom.